The zero-order valence-corrected chi connectivity index (χ0v) is 41.5. The largest absolute Gasteiger partial charge is 0.462 e. The molecule has 0 N–H and O–H groups in total. The summed E-state index contributed by atoms with van der Waals surface area (Å²) in [6.45, 7) is 42.4. The maximum Gasteiger partial charge on any atom is 0.333 e. The summed E-state index contributed by atoms with van der Waals surface area (Å²) in [4.78, 5) is 54.4. The minimum atomic E-state index is -0.537. The van der Waals surface area contributed by atoms with E-state index < -0.39 is 11.9 Å². The molecule has 356 valence electrons. The van der Waals surface area contributed by atoms with Crippen LogP contribution in [0.2, 0.25) is 0 Å². The third kappa shape index (κ3) is 47.3. The molecule has 0 amide bonds. The van der Waals surface area contributed by atoms with Crippen molar-refractivity contribution in [1.29, 1.82) is 0 Å². The lowest BCUT2D eigenvalue weighted by Gasteiger charge is -2.29. The highest BCUT2D eigenvalue weighted by Crippen LogP contribution is 2.34. The van der Waals surface area contributed by atoms with Crippen LogP contribution in [0.4, 0.5) is 0 Å². The lowest BCUT2D eigenvalue weighted by molar-refractivity contribution is -0.152. The second-order valence-electron chi connectivity index (χ2n) is 18.5. The maximum absolute atomic E-state index is 11.8. The van der Waals surface area contributed by atoms with Gasteiger partial charge in [-0.25, -0.2) is 14.4 Å². The molecule has 1 rings (SSSR count). The monoisotopic (exact) mass is 868 g/mol. The number of ether oxygens (including phenoxy) is 6. The third-order valence-corrected chi connectivity index (χ3v) is 9.09. The van der Waals surface area contributed by atoms with Gasteiger partial charge in [-0.05, 0) is 98.7 Å². The van der Waals surface area contributed by atoms with Crippen LogP contribution < -0.4 is 0 Å². The van der Waals surface area contributed by atoms with Crippen molar-refractivity contribution in [2.75, 3.05) is 39.6 Å². The molecule has 1 aliphatic rings. The molecular formula is C50H91O11+. The number of epoxide rings is 1. The van der Waals surface area contributed by atoms with Crippen molar-refractivity contribution in [3.63, 3.8) is 0 Å². The summed E-state index contributed by atoms with van der Waals surface area (Å²) in [7, 11) is 0. The number of hydrogen-bond donors (Lipinski definition) is 0. The average Bonchev–Trinajstić information content (AvgIpc) is 3.97. The third-order valence-electron chi connectivity index (χ3n) is 9.09. The lowest BCUT2D eigenvalue weighted by atomic mass is 9.77. The normalized spacial score (nSPS) is 14.6. The molecule has 1 aliphatic heterocycles. The molecule has 1 fully saturated rings. The molecule has 5 atom stereocenters. The lowest BCUT2D eigenvalue weighted by Crippen LogP contribution is -2.20. The summed E-state index contributed by atoms with van der Waals surface area (Å²) in [5.41, 5.74) is 0.561. The van der Waals surface area contributed by atoms with Crippen molar-refractivity contribution in [2.24, 2.45) is 46.8 Å². The molecular weight excluding hydrogens is 777 g/mol. The second-order valence-corrected chi connectivity index (χ2v) is 18.5. The molecule has 0 aliphatic carbocycles. The van der Waals surface area contributed by atoms with Gasteiger partial charge in [0.25, 0.3) is 0 Å². The highest BCUT2D eigenvalue weighted by molar-refractivity contribution is 5.87. The van der Waals surface area contributed by atoms with Crippen molar-refractivity contribution in [3.8, 4) is 0 Å². The molecule has 0 aromatic carbocycles. The van der Waals surface area contributed by atoms with Crippen LogP contribution in [-0.4, -0.2) is 75.6 Å². The Labute approximate surface area is 373 Å². The summed E-state index contributed by atoms with van der Waals surface area (Å²) in [5, 5.41) is 0. The van der Waals surface area contributed by atoms with Crippen LogP contribution in [0, 0.1) is 54.3 Å². The minimum absolute atomic E-state index is 0. The summed E-state index contributed by atoms with van der Waals surface area (Å²) in [6.07, 6.45) is 11.6. The van der Waals surface area contributed by atoms with Gasteiger partial charge in [0.05, 0.1) is 6.61 Å². The van der Waals surface area contributed by atoms with E-state index in [2.05, 4.69) is 112 Å². The molecule has 5 unspecified atom stereocenters. The number of carbonyl (C=O) groups excluding carboxylic acids is 5. The van der Waals surface area contributed by atoms with Crippen molar-refractivity contribution < 1.29 is 52.4 Å². The average molecular weight is 868 g/mol. The number of carbonyl (C=O) groups is 5. The second kappa shape index (κ2) is 38.1. The van der Waals surface area contributed by atoms with E-state index >= 15 is 0 Å². The molecule has 0 aromatic rings. The Balaban J connectivity index is -0.000000381. The highest BCUT2D eigenvalue weighted by Gasteiger charge is 2.25. The Morgan fingerprint density at radius 2 is 1.02 bits per heavy atom. The van der Waals surface area contributed by atoms with Gasteiger partial charge in [-0.3, -0.25) is 9.59 Å². The van der Waals surface area contributed by atoms with Crippen molar-refractivity contribution in [1.82, 2.24) is 0 Å². The standard InChI is InChI=1S/C21H40O4.C13H28.C8H10O4.C7H10O3.CH3/c1-8-19(22)24-11-12-25-20(23)9-10-21(6,7)15-18(5)14-17(4)13-16(2)3;1-10(2)7-12(5)9-13(6)8-11(3)4;1-3-7(9)11-5-6-12-8(10)4-2;1-5(2)7(8)10-4-6-3-9-6;/h16-18H,8-15H2,1-7H3;10-13H,7-9H2,1-6H3;3-4H,1-2,5-6H2;6H,1,3-4H2,2H3;1H3/q;;;;+1. The van der Waals surface area contributed by atoms with E-state index in [1.165, 1.54) is 32.1 Å². The van der Waals surface area contributed by atoms with Gasteiger partial charge >= 0.3 is 29.8 Å². The van der Waals surface area contributed by atoms with E-state index in [0.717, 1.165) is 60.5 Å². The molecule has 11 heteroatoms. The quantitative estimate of drug-likeness (QED) is 0.0194. The zero-order chi connectivity index (χ0) is 46.8. The van der Waals surface area contributed by atoms with Gasteiger partial charge in [0.15, 0.2) is 0 Å². The Bertz CT molecular complexity index is 1180. The summed E-state index contributed by atoms with van der Waals surface area (Å²) in [6, 6.07) is 0. The zero-order valence-electron chi connectivity index (χ0n) is 41.5. The molecule has 1 saturated heterocycles. The number of rotatable bonds is 27. The molecule has 0 spiro atoms. The molecule has 61 heavy (non-hydrogen) atoms. The summed E-state index contributed by atoms with van der Waals surface area (Å²) in [5.74, 6) is 3.82. The Kier molecular flexibility index (Phi) is 40.0. The minimum Gasteiger partial charge on any atom is -0.462 e. The first-order valence-electron chi connectivity index (χ1n) is 22.2. The molecule has 0 aromatic heterocycles. The van der Waals surface area contributed by atoms with E-state index in [4.69, 9.17) is 18.9 Å². The van der Waals surface area contributed by atoms with Crippen molar-refractivity contribution in [2.45, 2.75) is 161 Å². The maximum atomic E-state index is 11.8. The van der Waals surface area contributed by atoms with Crippen LogP contribution in [0.5, 0.6) is 0 Å². The Morgan fingerprint density at radius 3 is 1.36 bits per heavy atom. The van der Waals surface area contributed by atoms with E-state index in [0.29, 0.717) is 37.5 Å². The number of esters is 5. The fraction of sp³-hybridized carbons (Fsp3) is 0.760. The van der Waals surface area contributed by atoms with Crippen LogP contribution in [0.25, 0.3) is 0 Å². The molecule has 0 saturated carbocycles. The van der Waals surface area contributed by atoms with Crippen LogP contribution in [0.15, 0.2) is 37.5 Å². The van der Waals surface area contributed by atoms with Crippen LogP contribution in [0.3, 0.4) is 0 Å². The van der Waals surface area contributed by atoms with E-state index in [9.17, 15) is 24.0 Å². The highest BCUT2D eigenvalue weighted by atomic mass is 16.6. The van der Waals surface area contributed by atoms with Gasteiger partial charge < -0.3 is 28.4 Å². The van der Waals surface area contributed by atoms with Crippen molar-refractivity contribution in [3.05, 3.63) is 44.9 Å². The van der Waals surface area contributed by atoms with Gasteiger partial charge in [-0.1, -0.05) is 110 Å². The van der Waals surface area contributed by atoms with E-state index in [1.54, 1.807) is 13.8 Å². The smallest absolute Gasteiger partial charge is 0.333 e. The predicted molar refractivity (Wildman–Crippen MR) is 248 cm³/mol. The van der Waals surface area contributed by atoms with Gasteiger partial charge in [0, 0.05) is 38.0 Å². The topological polar surface area (TPSA) is 144 Å². The van der Waals surface area contributed by atoms with Crippen LogP contribution in [0.1, 0.15) is 155 Å². The predicted octanol–water partition coefficient (Wildman–Crippen LogP) is 11.5. The van der Waals surface area contributed by atoms with Crippen LogP contribution in [-0.2, 0) is 52.4 Å². The van der Waals surface area contributed by atoms with Gasteiger partial charge in [-0.15, -0.1) is 0 Å². The number of hydrogen-bond acceptors (Lipinski definition) is 11. The first-order chi connectivity index (χ1) is 27.9. The Morgan fingerprint density at radius 1 is 0.639 bits per heavy atom. The molecule has 11 nitrogen and oxygen atoms in total. The van der Waals surface area contributed by atoms with Gasteiger partial charge in [0.1, 0.15) is 39.1 Å². The summed E-state index contributed by atoms with van der Waals surface area (Å²) >= 11 is 0. The molecule has 0 radical (unpaired) electrons. The van der Waals surface area contributed by atoms with E-state index in [-0.39, 0.29) is 63.3 Å². The summed E-state index contributed by atoms with van der Waals surface area (Å²) < 4.78 is 28.6. The van der Waals surface area contributed by atoms with Gasteiger partial charge in [-0.2, -0.15) is 0 Å². The molecule has 1 heterocycles. The first-order valence-corrected chi connectivity index (χ1v) is 22.2. The van der Waals surface area contributed by atoms with E-state index in [1.807, 2.05) is 0 Å². The Hall–Kier alpha value is -3.60. The fourth-order valence-electron chi connectivity index (χ4n) is 6.99. The fourth-order valence-corrected chi connectivity index (χ4v) is 6.99. The van der Waals surface area contributed by atoms with Crippen LogP contribution >= 0.6 is 0 Å². The van der Waals surface area contributed by atoms with Gasteiger partial charge in [0.2, 0.25) is 0 Å². The van der Waals surface area contributed by atoms with Crippen molar-refractivity contribution >= 4 is 29.8 Å². The molecule has 0 bridgehead atoms. The SMILES string of the molecule is C=C(C)C(=O)OCC1CO1.C=CC(=O)OCCOC(=O)C=C.CC(C)CC(C)CC(C)CC(C)C.CCC(=O)OCCOC(=O)CCC(C)(C)CC(C)CC(C)CC(C)C.[CH3+]. The first kappa shape index (κ1) is 64.0.